The maximum absolute atomic E-state index is 14.9. The number of carbonyl (C=O) groups excluding carboxylic acids is 3. The number of anilines is 2. The second-order valence-corrected chi connectivity index (χ2v) is 23.6. The summed E-state index contributed by atoms with van der Waals surface area (Å²) in [6, 6.07) is 23.6. The van der Waals surface area contributed by atoms with Gasteiger partial charge in [-0.3, -0.25) is 33.7 Å². The van der Waals surface area contributed by atoms with Gasteiger partial charge in [0.1, 0.15) is 18.2 Å². The van der Waals surface area contributed by atoms with Crippen molar-refractivity contribution in [3.8, 4) is 11.1 Å². The summed E-state index contributed by atoms with van der Waals surface area (Å²) < 4.78 is 50.0. The number of carbonyl (C=O) groups is 3. The SMILES string of the molecule is CC(C)n1c(=O)n(C2CCC(=O)NC2=O)c2cccc(N3CCC(CN4CCC5(CC4)CN(Cc4ccc(-c6cc7c(c(C(F)(F)F)c6)CN(c6cccc([C@]8(Cc9nncn9C)C[C@@H](C)C8)c6)C7=O)cc4)C5)CC3)c21. The van der Waals surface area contributed by atoms with Gasteiger partial charge < -0.3 is 19.3 Å². The summed E-state index contributed by atoms with van der Waals surface area (Å²) in [5.41, 5.74) is 5.62. The summed E-state index contributed by atoms with van der Waals surface area (Å²) in [5.74, 6) is 0.825. The number of nitrogens with zero attached hydrogens (tertiary/aromatic N) is 9. The van der Waals surface area contributed by atoms with Crippen LogP contribution in [0.5, 0.6) is 0 Å². The van der Waals surface area contributed by atoms with Gasteiger partial charge in [-0.2, -0.15) is 13.2 Å². The molecule has 1 unspecified atom stereocenters. The van der Waals surface area contributed by atoms with Crippen molar-refractivity contribution in [1.29, 1.82) is 0 Å². The molecule has 2 aromatic heterocycles. The number of piperidine rings is 3. The molecule has 1 N–H and O–H groups in total. The van der Waals surface area contributed by atoms with Crippen LogP contribution in [0.3, 0.4) is 0 Å². The molecule has 5 fully saturated rings. The Hall–Kier alpha value is -6.59. The monoisotopic (exact) mass is 1040 g/mol. The van der Waals surface area contributed by atoms with Crippen molar-refractivity contribution in [2.45, 2.75) is 115 Å². The highest BCUT2D eigenvalue weighted by molar-refractivity contribution is 6.11. The number of imidazole rings is 1. The number of benzene rings is 4. The minimum atomic E-state index is -4.64. The van der Waals surface area contributed by atoms with E-state index in [0.717, 1.165) is 125 Å². The lowest BCUT2D eigenvalue weighted by atomic mass is 9.57. The first-order valence-corrected chi connectivity index (χ1v) is 27.3. The highest BCUT2D eigenvalue weighted by Crippen LogP contribution is 2.51. The molecular weight excluding hydrogens is 970 g/mol. The summed E-state index contributed by atoms with van der Waals surface area (Å²) in [6.07, 6.45) is 4.57. The van der Waals surface area contributed by atoms with Crippen LogP contribution in [0.2, 0.25) is 0 Å². The van der Waals surface area contributed by atoms with Crippen molar-refractivity contribution in [3.63, 3.8) is 0 Å². The lowest BCUT2D eigenvalue weighted by molar-refractivity contribution is -0.138. The van der Waals surface area contributed by atoms with Gasteiger partial charge in [-0.05, 0) is 153 Å². The third kappa shape index (κ3) is 9.03. The number of amides is 3. The molecule has 14 nitrogen and oxygen atoms in total. The van der Waals surface area contributed by atoms with Crippen LogP contribution >= 0.6 is 0 Å². The lowest BCUT2D eigenvalue weighted by Gasteiger charge is -2.54. The minimum Gasteiger partial charge on any atom is -0.370 e. The van der Waals surface area contributed by atoms with Gasteiger partial charge in [0.2, 0.25) is 11.8 Å². The number of nitrogens with one attached hydrogen (secondary N) is 1. The molecule has 7 heterocycles. The van der Waals surface area contributed by atoms with E-state index in [0.29, 0.717) is 46.9 Å². The first kappa shape index (κ1) is 50.2. The third-order valence-corrected chi connectivity index (χ3v) is 18.0. The third-order valence-electron chi connectivity index (χ3n) is 18.0. The number of halogens is 3. The second-order valence-electron chi connectivity index (χ2n) is 23.6. The van der Waals surface area contributed by atoms with Gasteiger partial charge in [0.15, 0.2) is 0 Å². The fourth-order valence-electron chi connectivity index (χ4n) is 14.1. The topological polar surface area (TPSA) is 134 Å². The number of para-hydroxylation sites is 1. The normalized spacial score (nSPS) is 23.4. The summed E-state index contributed by atoms with van der Waals surface area (Å²) in [7, 11) is 1.93. The quantitative estimate of drug-likeness (QED) is 0.119. The Morgan fingerprint density at radius 1 is 0.842 bits per heavy atom. The number of aryl methyl sites for hydroxylation is 1. The van der Waals surface area contributed by atoms with Gasteiger partial charge in [-0.25, -0.2) is 4.79 Å². The number of likely N-dealkylation sites (tertiary alicyclic amines) is 2. The molecule has 0 bridgehead atoms. The predicted molar refractivity (Wildman–Crippen MR) is 285 cm³/mol. The van der Waals surface area contributed by atoms with Crippen LogP contribution in [-0.2, 0) is 47.7 Å². The number of rotatable bonds is 12. The molecular formula is C59H67F3N10O4. The smallest absolute Gasteiger partial charge is 0.370 e. The largest absolute Gasteiger partial charge is 0.416 e. The van der Waals surface area contributed by atoms with E-state index >= 15 is 0 Å². The van der Waals surface area contributed by atoms with E-state index in [2.05, 4.69) is 49.3 Å². The zero-order chi connectivity index (χ0) is 52.8. The van der Waals surface area contributed by atoms with Crippen LogP contribution < -0.4 is 20.8 Å². The van der Waals surface area contributed by atoms with E-state index < -0.39 is 29.6 Å². The molecule has 6 aliphatic rings. The number of hydrogen-bond donors (Lipinski definition) is 1. The lowest BCUT2D eigenvalue weighted by Crippen LogP contribution is -2.60. The Bertz CT molecular complexity index is 3290. The van der Waals surface area contributed by atoms with E-state index in [1.807, 2.05) is 84.6 Å². The Labute approximate surface area is 440 Å². The summed E-state index contributed by atoms with van der Waals surface area (Å²) in [6.45, 7) is 13.9. The van der Waals surface area contributed by atoms with Gasteiger partial charge in [0, 0.05) is 81.9 Å². The molecule has 4 aromatic carbocycles. The van der Waals surface area contributed by atoms with Crippen molar-refractivity contribution in [1.82, 2.24) is 39.0 Å². The molecule has 1 spiro atoms. The zero-order valence-corrected chi connectivity index (χ0v) is 43.9. The van der Waals surface area contributed by atoms with Crippen LogP contribution in [0.1, 0.15) is 123 Å². The first-order valence-electron chi connectivity index (χ1n) is 27.3. The Kier molecular flexibility index (Phi) is 12.7. The van der Waals surface area contributed by atoms with Gasteiger partial charge in [0.05, 0.1) is 28.8 Å². The number of hydrogen-bond acceptors (Lipinski definition) is 9. The second kappa shape index (κ2) is 19.1. The fraction of sp³-hybridized carbons (Fsp3) is 0.492. The van der Waals surface area contributed by atoms with E-state index in [-0.39, 0.29) is 47.1 Å². The number of alkyl halides is 3. The van der Waals surface area contributed by atoms with E-state index in [4.69, 9.17) is 0 Å². The molecule has 1 saturated carbocycles. The molecule has 17 heteroatoms. The molecule has 1 atom stereocenters. The number of aromatic nitrogens is 5. The van der Waals surface area contributed by atoms with Gasteiger partial charge in [-0.15, -0.1) is 10.2 Å². The van der Waals surface area contributed by atoms with Crippen molar-refractivity contribution < 1.29 is 27.6 Å². The van der Waals surface area contributed by atoms with Crippen molar-refractivity contribution in [2.24, 2.45) is 24.3 Å². The molecule has 5 aliphatic heterocycles. The molecule has 398 valence electrons. The van der Waals surface area contributed by atoms with Crippen LogP contribution in [-0.4, -0.2) is 97.2 Å². The van der Waals surface area contributed by atoms with Crippen LogP contribution in [0, 0.1) is 17.3 Å². The van der Waals surface area contributed by atoms with Crippen molar-refractivity contribution in [3.05, 3.63) is 129 Å². The number of fused-ring (bicyclic) bond motifs is 2. The van der Waals surface area contributed by atoms with Crippen LogP contribution in [0.4, 0.5) is 24.5 Å². The van der Waals surface area contributed by atoms with Gasteiger partial charge in [-0.1, -0.05) is 49.4 Å². The van der Waals surface area contributed by atoms with Crippen molar-refractivity contribution in [2.75, 3.05) is 55.6 Å². The Morgan fingerprint density at radius 3 is 2.25 bits per heavy atom. The summed E-state index contributed by atoms with van der Waals surface area (Å²) in [4.78, 5) is 62.0. The summed E-state index contributed by atoms with van der Waals surface area (Å²) >= 11 is 0. The molecule has 6 aromatic rings. The molecule has 0 radical (unpaired) electrons. The van der Waals surface area contributed by atoms with E-state index in [1.54, 1.807) is 17.0 Å². The average Bonchev–Trinajstić information content (AvgIpc) is 4.08. The van der Waals surface area contributed by atoms with Crippen LogP contribution in [0.15, 0.2) is 90.0 Å². The van der Waals surface area contributed by atoms with Gasteiger partial charge >= 0.3 is 11.9 Å². The minimum absolute atomic E-state index is 0.0153. The van der Waals surface area contributed by atoms with Crippen LogP contribution in [0.25, 0.3) is 22.2 Å². The predicted octanol–water partition coefficient (Wildman–Crippen LogP) is 9.06. The molecule has 3 amide bonds. The van der Waals surface area contributed by atoms with Crippen molar-refractivity contribution >= 4 is 40.1 Å². The highest BCUT2D eigenvalue weighted by atomic mass is 19.4. The molecule has 76 heavy (non-hydrogen) atoms. The standard InChI is InChI=1S/C59H67F3N10O4/c1-37(2)71-53-48(9-6-10-49(53)72(56(71)76)50-15-16-52(73)64-54(50)74)69-21-17-40(18-22-69)31-67-23-19-57(20-24-67)34-68(35-57)32-39-11-13-41(14-12-39)42-25-45-46(47(26-42)59(60,61)62)33-70(55(45)75)44-8-5-7-43(27-44)58(28-38(3)29-58)30-51-65-63-36-66(51)4/h5-14,25-27,36-38,40,50H,15-24,28-35H2,1-4H3,(H,64,73,74)/t38-,50?,58-. The molecule has 1 aliphatic carbocycles. The molecule has 4 saturated heterocycles. The molecule has 12 rings (SSSR count). The first-order chi connectivity index (χ1) is 36.4. The highest BCUT2D eigenvalue weighted by Gasteiger charge is 2.47. The maximum atomic E-state index is 14.9. The maximum Gasteiger partial charge on any atom is 0.416 e. The summed E-state index contributed by atoms with van der Waals surface area (Å²) in [5, 5.41) is 10.8. The van der Waals surface area contributed by atoms with Gasteiger partial charge in [0.25, 0.3) is 5.91 Å². The number of imide groups is 1. The fourth-order valence-corrected chi connectivity index (χ4v) is 14.1. The Morgan fingerprint density at radius 2 is 1.58 bits per heavy atom. The Balaban J connectivity index is 0.649. The zero-order valence-electron chi connectivity index (χ0n) is 43.9. The van der Waals surface area contributed by atoms with E-state index in [9.17, 15) is 32.3 Å². The average molecular weight is 1040 g/mol. The van der Waals surface area contributed by atoms with E-state index in [1.165, 1.54) is 11.0 Å².